The molecule has 1 atom stereocenters. The summed E-state index contributed by atoms with van der Waals surface area (Å²) < 4.78 is 0. The highest BCUT2D eigenvalue weighted by Gasteiger charge is 2.13. The van der Waals surface area contributed by atoms with Gasteiger partial charge < -0.3 is 16.2 Å². The van der Waals surface area contributed by atoms with Crippen LogP contribution < -0.4 is 11.1 Å². The lowest BCUT2D eigenvalue weighted by atomic mass is 10.1. The zero-order valence-corrected chi connectivity index (χ0v) is 12.3. The van der Waals surface area contributed by atoms with E-state index in [-0.39, 0.29) is 6.04 Å². The van der Waals surface area contributed by atoms with Crippen molar-refractivity contribution in [2.24, 2.45) is 5.73 Å². The summed E-state index contributed by atoms with van der Waals surface area (Å²) in [7, 11) is 0. The largest absolute Gasteiger partial charge is 0.465 e. The van der Waals surface area contributed by atoms with Crippen molar-refractivity contribution in [3.63, 3.8) is 0 Å². The fraction of sp³-hybridized carbons (Fsp3) is 0.357. The Morgan fingerprint density at radius 1 is 1.29 bits per heavy atom. The van der Waals surface area contributed by atoms with Gasteiger partial charge in [-0.15, -0.1) is 10.2 Å². The first kappa shape index (κ1) is 15.4. The number of unbranched alkanes of at least 4 members (excludes halogenated alkanes) is 1. The highest BCUT2D eigenvalue weighted by molar-refractivity contribution is 7.14. The molecule has 0 radical (unpaired) electrons. The average molecular weight is 306 g/mol. The van der Waals surface area contributed by atoms with E-state index >= 15 is 0 Å². The first-order chi connectivity index (χ1) is 10.2. The van der Waals surface area contributed by atoms with E-state index in [0.717, 1.165) is 34.8 Å². The van der Waals surface area contributed by atoms with Crippen LogP contribution in [0.25, 0.3) is 10.6 Å². The van der Waals surface area contributed by atoms with Crippen molar-refractivity contribution in [3.05, 3.63) is 35.3 Å². The molecule has 1 amide bonds. The predicted molar refractivity (Wildman–Crippen MR) is 82.2 cm³/mol. The molecule has 1 heterocycles. The summed E-state index contributed by atoms with van der Waals surface area (Å²) >= 11 is 1.51. The first-order valence-corrected chi connectivity index (χ1v) is 7.59. The van der Waals surface area contributed by atoms with Gasteiger partial charge in [0.2, 0.25) is 0 Å². The van der Waals surface area contributed by atoms with E-state index in [1.54, 1.807) is 0 Å². The van der Waals surface area contributed by atoms with Crippen molar-refractivity contribution in [2.75, 3.05) is 6.54 Å². The molecule has 1 aromatic heterocycles. The van der Waals surface area contributed by atoms with E-state index in [4.69, 9.17) is 10.8 Å². The number of nitrogens with one attached hydrogen (secondary N) is 1. The minimum atomic E-state index is -0.990. The molecule has 2 aromatic rings. The summed E-state index contributed by atoms with van der Waals surface area (Å²) in [5.74, 6) is 0. The van der Waals surface area contributed by atoms with Gasteiger partial charge in [0, 0.05) is 12.1 Å². The molecule has 4 N–H and O–H groups in total. The van der Waals surface area contributed by atoms with Crippen LogP contribution in [0.1, 0.15) is 30.3 Å². The molecule has 0 saturated carbocycles. The summed E-state index contributed by atoms with van der Waals surface area (Å²) in [5.41, 5.74) is 7.14. The molecule has 0 aliphatic heterocycles. The molecular formula is C14H18N4O2S. The van der Waals surface area contributed by atoms with Gasteiger partial charge in [0.25, 0.3) is 0 Å². The second-order valence-corrected chi connectivity index (χ2v) is 5.65. The van der Waals surface area contributed by atoms with Gasteiger partial charge >= 0.3 is 6.09 Å². The Bertz CT molecular complexity index is 573. The summed E-state index contributed by atoms with van der Waals surface area (Å²) in [6, 6.07) is 9.73. The number of hydrogen-bond acceptors (Lipinski definition) is 5. The van der Waals surface area contributed by atoms with E-state index < -0.39 is 6.09 Å². The maximum atomic E-state index is 10.3. The molecule has 1 unspecified atom stereocenters. The van der Waals surface area contributed by atoms with Crippen LogP contribution in [-0.2, 0) is 0 Å². The van der Waals surface area contributed by atoms with Crippen LogP contribution in [0.4, 0.5) is 4.79 Å². The summed E-state index contributed by atoms with van der Waals surface area (Å²) in [4.78, 5) is 10.3. The van der Waals surface area contributed by atoms with Crippen LogP contribution >= 0.6 is 11.3 Å². The van der Waals surface area contributed by atoms with Gasteiger partial charge in [0.15, 0.2) is 0 Å². The van der Waals surface area contributed by atoms with E-state index in [9.17, 15) is 4.79 Å². The van der Waals surface area contributed by atoms with Crippen molar-refractivity contribution in [3.8, 4) is 10.6 Å². The molecule has 1 aromatic carbocycles. The Morgan fingerprint density at radius 3 is 2.76 bits per heavy atom. The minimum Gasteiger partial charge on any atom is -0.465 e. The van der Waals surface area contributed by atoms with Crippen molar-refractivity contribution >= 4 is 17.4 Å². The van der Waals surface area contributed by atoms with Crippen molar-refractivity contribution in [2.45, 2.75) is 25.3 Å². The summed E-state index contributed by atoms with van der Waals surface area (Å²) in [5, 5.41) is 20.8. The Labute approximate surface area is 127 Å². The van der Waals surface area contributed by atoms with Crippen LogP contribution in [0.3, 0.4) is 0 Å². The molecule has 0 aliphatic rings. The maximum absolute atomic E-state index is 10.3. The Kier molecular flexibility index (Phi) is 5.65. The lowest BCUT2D eigenvalue weighted by Gasteiger charge is -2.07. The highest BCUT2D eigenvalue weighted by Crippen LogP contribution is 2.27. The van der Waals surface area contributed by atoms with Gasteiger partial charge in [-0.05, 0) is 19.3 Å². The number of carboxylic acid groups (broad SMARTS) is 1. The number of amides is 1. The Morgan fingerprint density at radius 2 is 2.05 bits per heavy atom. The maximum Gasteiger partial charge on any atom is 0.404 e. The fourth-order valence-corrected chi connectivity index (χ4v) is 2.77. The van der Waals surface area contributed by atoms with Gasteiger partial charge in [0.1, 0.15) is 10.0 Å². The van der Waals surface area contributed by atoms with E-state index in [1.807, 2.05) is 30.3 Å². The molecule has 6 nitrogen and oxygen atoms in total. The van der Waals surface area contributed by atoms with Crippen LogP contribution in [-0.4, -0.2) is 27.9 Å². The normalized spacial score (nSPS) is 12.0. The number of aromatic nitrogens is 2. The van der Waals surface area contributed by atoms with Crippen LogP contribution in [0, 0.1) is 0 Å². The second-order valence-electron chi connectivity index (χ2n) is 4.65. The predicted octanol–water partition coefficient (Wildman–Crippen LogP) is 2.64. The lowest BCUT2D eigenvalue weighted by molar-refractivity contribution is 0.194. The van der Waals surface area contributed by atoms with E-state index in [0.29, 0.717) is 6.54 Å². The molecule has 0 saturated heterocycles. The average Bonchev–Trinajstić information content (AvgIpc) is 2.97. The second kappa shape index (κ2) is 7.70. The van der Waals surface area contributed by atoms with Gasteiger partial charge in [0.05, 0.1) is 6.04 Å². The van der Waals surface area contributed by atoms with Crippen molar-refractivity contribution < 1.29 is 9.90 Å². The molecule has 0 fully saturated rings. The number of carbonyl (C=O) groups is 1. The third kappa shape index (κ3) is 4.80. The first-order valence-electron chi connectivity index (χ1n) is 6.78. The van der Waals surface area contributed by atoms with E-state index in [2.05, 4.69) is 15.5 Å². The van der Waals surface area contributed by atoms with Gasteiger partial charge in [-0.1, -0.05) is 41.7 Å². The van der Waals surface area contributed by atoms with Gasteiger partial charge in [-0.3, -0.25) is 0 Å². The molecule has 2 rings (SSSR count). The number of nitrogens with zero attached hydrogens (tertiary/aromatic N) is 2. The molecule has 0 aliphatic carbocycles. The number of nitrogens with two attached hydrogens (primary N) is 1. The number of benzene rings is 1. The topological polar surface area (TPSA) is 101 Å². The third-order valence-corrected chi connectivity index (χ3v) is 4.10. The third-order valence-electron chi connectivity index (χ3n) is 3.00. The molecule has 21 heavy (non-hydrogen) atoms. The Balaban J connectivity index is 1.82. The van der Waals surface area contributed by atoms with Crippen LogP contribution in [0.2, 0.25) is 0 Å². The molecular weight excluding hydrogens is 288 g/mol. The molecule has 112 valence electrons. The highest BCUT2D eigenvalue weighted by atomic mass is 32.1. The van der Waals surface area contributed by atoms with Gasteiger partial charge in [-0.2, -0.15) is 0 Å². The standard InChI is InChI=1S/C14H18N4O2S/c15-11(8-4-5-9-16-14(19)20)13-18-17-12(21-13)10-6-2-1-3-7-10/h1-3,6-7,11,16H,4-5,8-9,15H2,(H,19,20). The fourth-order valence-electron chi connectivity index (χ4n) is 1.89. The van der Waals surface area contributed by atoms with Crippen molar-refractivity contribution in [1.29, 1.82) is 0 Å². The smallest absolute Gasteiger partial charge is 0.404 e. The zero-order chi connectivity index (χ0) is 15.1. The monoisotopic (exact) mass is 306 g/mol. The number of rotatable bonds is 7. The van der Waals surface area contributed by atoms with Gasteiger partial charge in [-0.25, -0.2) is 4.79 Å². The lowest BCUT2D eigenvalue weighted by Crippen LogP contribution is -2.22. The SMILES string of the molecule is NC(CCCCNC(=O)O)c1nnc(-c2ccccc2)s1. The van der Waals surface area contributed by atoms with Crippen LogP contribution in [0.5, 0.6) is 0 Å². The Hall–Kier alpha value is -1.99. The minimum absolute atomic E-state index is 0.148. The summed E-state index contributed by atoms with van der Waals surface area (Å²) in [6.07, 6.45) is 1.40. The molecule has 7 heteroatoms. The number of hydrogen-bond donors (Lipinski definition) is 3. The molecule has 0 bridgehead atoms. The van der Waals surface area contributed by atoms with Crippen molar-refractivity contribution in [1.82, 2.24) is 15.5 Å². The van der Waals surface area contributed by atoms with Crippen LogP contribution in [0.15, 0.2) is 30.3 Å². The summed E-state index contributed by atoms with van der Waals surface area (Å²) in [6.45, 7) is 0.452. The molecule has 0 spiro atoms. The zero-order valence-electron chi connectivity index (χ0n) is 11.5. The van der Waals surface area contributed by atoms with E-state index in [1.165, 1.54) is 11.3 Å². The quantitative estimate of drug-likeness (QED) is 0.683.